The molecule has 0 heterocycles. The molecule has 0 fully saturated rings. The van der Waals surface area contributed by atoms with Crippen molar-refractivity contribution in [2.45, 2.75) is 19.4 Å². The second-order valence-corrected chi connectivity index (χ2v) is 2.00. The van der Waals surface area contributed by atoms with Gasteiger partial charge in [-0.3, -0.25) is 0 Å². The van der Waals surface area contributed by atoms with E-state index in [-0.39, 0.29) is 6.10 Å². The molecule has 0 aromatic heterocycles. The lowest BCUT2D eigenvalue weighted by molar-refractivity contribution is 0.192. The molecule has 0 spiro atoms. The van der Waals surface area contributed by atoms with Gasteiger partial charge in [0.1, 0.15) is 0 Å². The summed E-state index contributed by atoms with van der Waals surface area (Å²) in [7, 11) is 2.56. The van der Waals surface area contributed by atoms with E-state index in [1.165, 1.54) is 0 Å². The highest BCUT2D eigenvalue weighted by atomic mass is 31.0. The quantitative estimate of drug-likeness (QED) is 0.512. The topological polar surface area (TPSA) is 20.2 Å². The van der Waals surface area contributed by atoms with Crippen molar-refractivity contribution in [1.82, 2.24) is 0 Å². The number of aliphatic hydroxyl groups is 1. The van der Waals surface area contributed by atoms with Crippen LogP contribution in [-0.2, 0) is 0 Å². The molecule has 0 amide bonds. The minimum atomic E-state index is -0.123. The first-order chi connectivity index (χ1) is 2.77. The fourth-order valence-corrected chi connectivity index (χ4v) is 0.724. The summed E-state index contributed by atoms with van der Waals surface area (Å²) < 4.78 is 0. The zero-order valence-electron chi connectivity index (χ0n) is 4.02. The number of hydrogen-bond acceptors (Lipinski definition) is 1. The summed E-state index contributed by atoms with van der Waals surface area (Å²) in [4.78, 5) is 0. The Morgan fingerprint density at radius 1 is 1.83 bits per heavy atom. The van der Waals surface area contributed by atoms with E-state index in [2.05, 4.69) is 9.24 Å². The smallest absolute Gasteiger partial charge is 0.0515 e. The van der Waals surface area contributed by atoms with Crippen LogP contribution in [0.3, 0.4) is 0 Å². The molecule has 0 saturated carbocycles. The Morgan fingerprint density at radius 3 is 2.33 bits per heavy atom. The maximum absolute atomic E-state index is 8.54. The number of hydrogen-bond donors (Lipinski definition) is 1. The van der Waals surface area contributed by atoms with Gasteiger partial charge in [0.2, 0.25) is 0 Å². The molecule has 1 unspecified atom stereocenters. The standard InChI is InChI=1S/C4H11OP/c1-4(5)2-3-6/h4-5H,2-3,6H2,1H3/t4-/m1/s1. The molecule has 0 radical (unpaired) electrons. The second kappa shape index (κ2) is 3.58. The summed E-state index contributed by atoms with van der Waals surface area (Å²) in [5.41, 5.74) is 0. The third-order valence-corrected chi connectivity index (χ3v) is 0.918. The molecule has 0 bridgehead atoms. The minimum Gasteiger partial charge on any atom is -0.393 e. The Kier molecular flexibility index (Phi) is 3.81. The zero-order chi connectivity index (χ0) is 4.99. The maximum Gasteiger partial charge on any atom is 0.0515 e. The van der Waals surface area contributed by atoms with Gasteiger partial charge >= 0.3 is 0 Å². The highest BCUT2D eigenvalue weighted by Gasteiger charge is 1.87. The van der Waals surface area contributed by atoms with Crippen LogP contribution in [0.1, 0.15) is 13.3 Å². The van der Waals surface area contributed by atoms with Crippen molar-refractivity contribution in [2.75, 3.05) is 6.16 Å². The van der Waals surface area contributed by atoms with Crippen LogP contribution in [0.15, 0.2) is 0 Å². The van der Waals surface area contributed by atoms with Crippen molar-refractivity contribution in [2.24, 2.45) is 0 Å². The van der Waals surface area contributed by atoms with E-state index in [4.69, 9.17) is 5.11 Å². The lowest BCUT2D eigenvalue weighted by Gasteiger charge is -1.95. The van der Waals surface area contributed by atoms with E-state index in [1.807, 2.05) is 0 Å². The Bertz CT molecular complexity index is 28.7. The summed E-state index contributed by atoms with van der Waals surface area (Å²) in [6, 6.07) is 0. The van der Waals surface area contributed by atoms with Gasteiger partial charge in [0.05, 0.1) is 6.10 Å². The molecule has 1 N–H and O–H groups in total. The van der Waals surface area contributed by atoms with Gasteiger partial charge in [-0.2, -0.15) is 0 Å². The zero-order valence-corrected chi connectivity index (χ0v) is 5.17. The molecule has 6 heavy (non-hydrogen) atoms. The molecule has 0 aliphatic carbocycles. The summed E-state index contributed by atoms with van der Waals surface area (Å²) >= 11 is 0. The highest BCUT2D eigenvalue weighted by Crippen LogP contribution is 1.92. The summed E-state index contributed by atoms with van der Waals surface area (Å²) in [5.74, 6) is 0. The van der Waals surface area contributed by atoms with Gasteiger partial charge in [-0.05, 0) is 19.5 Å². The Hall–Kier alpha value is 0.390. The van der Waals surface area contributed by atoms with Gasteiger partial charge < -0.3 is 5.11 Å². The lowest BCUT2D eigenvalue weighted by atomic mass is 10.3. The van der Waals surface area contributed by atoms with Crippen LogP contribution in [0, 0.1) is 0 Å². The first-order valence-electron chi connectivity index (χ1n) is 2.15. The predicted octanol–water partition coefficient (Wildman–Crippen LogP) is 0.632. The van der Waals surface area contributed by atoms with Crippen LogP contribution in [0.25, 0.3) is 0 Å². The first kappa shape index (κ1) is 6.39. The monoisotopic (exact) mass is 106 g/mol. The predicted molar refractivity (Wildman–Crippen MR) is 30.9 cm³/mol. The number of aliphatic hydroxyl groups excluding tert-OH is 1. The van der Waals surface area contributed by atoms with Crippen LogP contribution in [0.5, 0.6) is 0 Å². The van der Waals surface area contributed by atoms with Gasteiger partial charge in [-0.1, -0.05) is 0 Å². The SMILES string of the molecule is C[C@@H](O)CCP. The van der Waals surface area contributed by atoms with E-state index < -0.39 is 0 Å². The van der Waals surface area contributed by atoms with E-state index in [0.717, 1.165) is 12.6 Å². The average Bonchev–Trinajstić information content (AvgIpc) is 1.35. The van der Waals surface area contributed by atoms with Crippen molar-refractivity contribution < 1.29 is 5.11 Å². The number of rotatable bonds is 2. The fourth-order valence-electron chi connectivity index (χ4n) is 0.241. The first-order valence-corrected chi connectivity index (χ1v) is 2.97. The van der Waals surface area contributed by atoms with Crippen LogP contribution >= 0.6 is 9.24 Å². The van der Waals surface area contributed by atoms with Gasteiger partial charge in [-0.25, -0.2) is 0 Å². The van der Waals surface area contributed by atoms with Crippen LogP contribution < -0.4 is 0 Å². The molecule has 38 valence electrons. The van der Waals surface area contributed by atoms with Gasteiger partial charge in [0, 0.05) is 0 Å². The van der Waals surface area contributed by atoms with Crippen LogP contribution in [0.2, 0.25) is 0 Å². The third kappa shape index (κ3) is 4.39. The van der Waals surface area contributed by atoms with Crippen molar-refractivity contribution in [3.8, 4) is 0 Å². The Labute approximate surface area is 41.0 Å². The van der Waals surface area contributed by atoms with Crippen molar-refractivity contribution >= 4 is 9.24 Å². The molecule has 2 atom stereocenters. The molecule has 0 aromatic rings. The van der Waals surface area contributed by atoms with Gasteiger partial charge in [0.25, 0.3) is 0 Å². The summed E-state index contributed by atoms with van der Waals surface area (Å²) in [5, 5.41) is 8.54. The molecular formula is C4H11OP. The van der Waals surface area contributed by atoms with Gasteiger partial charge in [-0.15, -0.1) is 9.24 Å². The van der Waals surface area contributed by atoms with Crippen molar-refractivity contribution in [1.29, 1.82) is 0 Å². The van der Waals surface area contributed by atoms with Crippen LogP contribution in [-0.4, -0.2) is 17.4 Å². The molecular weight excluding hydrogens is 95.0 g/mol. The van der Waals surface area contributed by atoms with Crippen LogP contribution in [0.4, 0.5) is 0 Å². The van der Waals surface area contributed by atoms with E-state index in [1.54, 1.807) is 6.92 Å². The van der Waals surface area contributed by atoms with Crippen molar-refractivity contribution in [3.05, 3.63) is 0 Å². The van der Waals surface area contributed by atoms with E-state index in [0.29, 0.717) is 0 Å². The van der Waals surface area contributed by atoms with E-state index in [9.17, 15) is 0 Å². The Morgan fingerprint density at radius 2 is 2.33 bits per heavy atom. The second-order valence-electron chi connectivity index (χ2n) is 1.43. The molecule has 0 aromatic carbocycles. The fraction of sp³-hybridized carbons (Fsp3) is 1.00. The normalized spacial score (nSPS) is 14.5. The average molecular weight is 106 g/mol. The molecule has 0 aliphatic heterocycles. The molecule has 1 nitrogen and oxygen atoms in total. The summed E-state index contributed by atoms with van der Waals surface area (Å²) in [6.07, 6.45) is 1.77. The molecule has 0 saturated heterocycles. The molecule has 0 aliphatic rings. The molecule has 2 heteroatoms. The van der Waals surface area contributed by atoms with Gasteiger partial charge in [0.15, 0.2) is 0 Å². The molecule has 0 rings (SSSR count). The third-order valence-electron chi connectivity index (χ3n) is 0.584. The minimum absolute atomic E-state index is 0.123. The highest BCUT2D eigenvalue weighted by molar-refractivity contribution is 7.16. The Balaban J connectivity index is 2.63. The van der Waals surface area contributed by atoms with E-state index >= 15 is 0 Å². The van der Waals surface area contributed by atoms with Crippen molar-refractivity contribution in [3.63, 3.8) is 0 Å². The lowest BCUT2D eigenvalue weighted by Crippen LogP contribution is -1.97. The maximum atomic E-state index is 8.54. The largest absolute Gasteiger partial charge is 0.393 e. The summed E-state index contributed by atoms with van der Waals surface area (Å²) in [6.45, 7) is 1.80.